The smallest absolute Gasteiger partial charge is 0.330 e. The summed E-state index contributed by atoms with van der Waals surface area (Å²) in [6.45, 7) is 4.00. The zero-order valence-electron chi connectivity index (χ0n) is 15.3. The molecule has 0 unspecified atom stereocenters. The van der Waals surface area contributed by atoms with Crippen LogP contribution in [0.5, 0.6) is 0 Å². The molecule has 1 aromatic carbocycles. The van der Waals surface area contributed by atoms with Gasteiger partial charge >= 0.3 is 5.97 Å². The van der Waals surface area contributed by atoms with Crippen molar-refractivity contribution in [2.24, 2.45) is 0 Å². The topological polar surface area (TPSA) is 85.5 Å². The standard InChI is InChI=1S/C19H21N3O4S/c1-3-12-4-6-13(7-5-12)17-20-15(26-21-17)10-25-18(24)14-11-27-19(2)9-8-16(23)22(14)19/h4-7,14H,3,8-11H2,1-2H3/t14-,19+/m0/s1. The van der Waals surface area contributed by atoms with Gasteiger partial charge in [0.25, 0.3) is 5.89 Å². The first-order chi connectivity index (χ1) is 13.0. The highest BCUT2D eigenvalue weighted by Gasteiger charge is 2.53. The lowest BCUT2D eigenvalue weighted by Crippen LogP contribution is -2.46. The van der Waals surface area contributed by atoms with Crippen LogP contribution in [0.3, 0.4) is 0 Å². The van der Waals surface area contributed by atoms with Crippen LogP contribution in [-0.2, 0) is 27.4 Å². The Bertz CT molecular complexity index is 866. The number of carbonyl (C=O) groups excluding carboxylic acids is 2. The number of rotatable bonds is 5. The summed E-state index contributed by atoms with van der Waals surface area (Å²) in [7, 11) is 0. The van der Waals surface area contributed by atoms with E-state index in [0.29, 0.717) is 18.0 Å². The Labute approximate surface area is 161 Å². The van der Waals surface area contributed by atoms with Crippen LogP contribution in [0.1, 0.15) is 38.1 Å². The second-order valence-electron chi connectivity index (χ2n) is 6.94. The first-order valence-electron chi connectivity index (χ1n) is 9.05. The van der Waals surface area contributed by atoms with Crippen molar-refractivity contribution in [1.82, 2.24) is 15.0 Å². The number of hydrogen-bond donors (Lipinski definition) is 0. The molecule has 2 aliphatic rings. The van der Waals surface area contributed by atoms with E-state index in [9.17, 15) is 9.59 Å². The number of amides is 1. The van der Waals surface area contributed by atoms with Crippen molar-refractivity contribution >= 4 is 23.6 Å². The molecule has 8 heteroatoms. The van der Waals surface area contributed by atoms with Gasteiger partial charge in [0.05, 0.1) is 4.87 Å². The summed E-state index contributed by atoms with van der Waals surface area (Å²) < 4.78 is 10.5. The molecule has 0 bridgehead atoms. The minimum Gasteiger partial charge on any atom is -0.454 e. The highest BCUT2D eigenvalue weighted by molar-refractivity contribution is 8.01. The monoisotopic (exact) mass is 387 g/mol. The normalized spacial score (nSPS) is 24.3. The average Bonchev–Trinajstić information content (AvgIpc) is 3.36. The lowest BCUT2D eigenvalue weighted by atomic mass is 10.1. The average molecular weight is 387 g/mol. The van der Waals surface area contributed by atoms with Gasteiger partial charge in [0.1, 0.15) is 6.04 Å². The molecule has 1 amide bonds. The third kappa shape index (κ3) is 3.34. The number of thioether (sulfide) groups is 1. The Kier molecular flexibility index (Phi) is 4.67. The zero-order chi connectivity index (χ0) is 19.0. The fraction of sp³-hybridized carbons (Fsp3) is 0.474. The summed E-state index contributed by atoms with van der Waals surface area (Å²) in [6.07, 6.45) is 2.22. The van der Waals surface area contributed by atoms with Crippen LogP contribution in [0.25, 0.3) is 11.4 Å². The molecule has 2 aliphatic heterocycles. The number of ether oxygens (including phenoxy) is 1. The third-order valence-corrected chi connectivity index (χ3v) is 6.65. The van der Waals surface area contributed by atoms with Crippen molar-refractivity contribution < 1.29 is 18.8 Å². The zero-order valence-corrected chi connectivity index (χ0v) is 16.1. The molecule has 2 atom stereocenters. The molecule has 0 N–H and O–H groups in total. The number of aryl methyl sites for hydroxylation is 1. The van der Waals surface area contributed by atoms with Crippen molar-refractivity contribution in [3.05, 3.63) is 35.7 Å². The van der Waals surface area contributed by atoms with E-state index >= 15 is 0 Å². The molecule has 0 radical (unpaired) electrons. The first-order valence-corrected chi connectivity index (χ1v) is 10.0. The number of aromatic nitrogens is 2. The van der Waals surface area contributed by atoms with Crippen LogP contribution in [0.4, 0.5) is 0 Å². The minimum absolute atomic E-state index is 0.0139. The van der Waals surface area contributed by atoms with Gasteiger partial charge in [-0.15, -0.1) is 11.8 Å². The fourth-order valence-corrected chi connectivity index (χ4v) is 4.96. The van der Waals surface area contributed by atoms with Crippen LogP contribution in [0, 0.1) is 0 Å². The lowest BCUT2D eigenvalue weighted by molar-refractivity contribution is -0.155. The van der Waals surface area contributed by atoms with Crippen LogP contribution in [0.15, 0.2) is 28.8 Å². The van der Waals surface area contributed by atoms with Crippen LogP contribution in [0.2, 0.25) is 0 Å². The number of benzene rings is 1. The van der Waals surface area contributed by atoms with Crippen molar-refractivity contribution in [2.75, 3.05) is 5.75 Å². The molecule has 7 nitrogen and oxygen atoms in total. The molecule has 3 heterocycles. The maximum absolute atomic E-state index is 12.5. The molecule has 0 spiro atoms. The number of carbonyl (C=O) groups is 2. The maximum atomic E-state index is 12.5. The van der Waals surface area contributed by atoms with Gasteiger partial charge in [-0.3, -0.25) is 4.79 Å². The molecule has 0 aliphatic carbocycles. The van der Waals surface area contributed by atoms with Crippen molar-refractivity contribution in [2.45, 2.75) is 50.6 Å². The van der Waals surface area contributed by atoms with E-state index in [1.54, 1.807) is 16.7 Å². The summed E-state index contributed by atoms with van der Waals surface area (Å²) in [4.78, 5) is 30.3. The minimum atomic E-state index is -0.543. The highest BCUT2D eigenvalue weighted by atomic mass is 32.2. The number of fused-ring (bicyclic) bond motifs is 1. The Morgan fingerprint density at radius 2 is 2.19 bits per heavy atom. The summed E-state index contributed by atoms with van der Waals surface area (Å²) in [5.41, 5.74) is 2.08. The van der Waals surface area contributed by atoms with E-state index in [4.69, 9.17) is 9.26 Å². The number of hydrogen-bond acceptors (Lipinski definition) is 7. The van der Waals surface area contributed by atoms with Gasteiger partial charge in [-0.25, -0.2) is 4.79 Å². The fourth-order valence-electron chi connectivity index (χ4n) is 3.54. The molecular weight excluding hydrogens is 366 g/mol. The van der Waals surface area contributed by atoms with Gasteiger partial charge in [0, 0.05) is 17.7 Å². The van der Waals surface area contributed by atoms with Crippen LogP contribution in [-0.4, -0.2) is 43.6 Å². The van der Waals surface area contributed by atoms with E-state index in [2.05, 4.69) is 17.1 Å². The van der Waals surface area contributed by atoms with Crippen molar-refractivity contribution in [3.8, 4) is 11.4 Å². The molecule has 4 rings (SSSR count). The number of nitrogens with zero attached hydrogens (tertiary/aromatic N) is 3. The molecule has 142 valence electrons. The van der Waals surface area contributed by atoms with E-state index in [-0.39, 0.29) is 23.3 Å². The Hall–Kier alpha value is -2.35. The molecule has 2 fully saturated rings. The summed E-state index contributed by atoms with van der Waals surface area (Å²) in [5.74, 6) is 0.843. The van der Waals surface area contributed by atoms with Gasteiger partial charge in [-0.05, 0) is 25.3 Å². The maximum Gasteiger partial charge on any atom is 0.330 e. The Balaban J connectivity index is 1.38. The lowest BCUT2D eigenvalue weighted by Gasteiger charge is -2.29. The van der Waals surface area contributed by atoms with Crippen molar-refractivity contribution in [3.63, 3.8) is 0 Å². The van der Waals surface area contributed by atoms with Gasteiger partial charge in [0.2, 0.25) is 11.7 Å². The van der Waals surface area contributed by atoms with Gasteiger partial charge in [0.15, 0.2) is 6.61 Å². The van der Waals surface area contributed by atoms with E-state index in [1.807, 2.05) is 31.2 Å². The molecule has 1 aromatic heterocycles. The molecule has 0 saturated carbocycles. The summed E-state index contributed by atoms with van der Waals surface area (Å²) in [5, 5.41) is 3.95. The number of esters is 1. The third-order valence-electron chi connectivity index (χ3n) is 5.14. The Morgan fingerprint density at radius 3 is 2.93 bits per heavy atom. The first kappa shape index (κ1) is 18.0. The molecule has 2 saturated heterocycles. The molecule has 2 aromatic rings. The van der Waals surface area contributed by atoms with Crippen LogP contribution < -0.4 is 0 Å². The van der Waals surface area contributed by atoms with Gasteiger partial charge < -0.3 is 14.2 Å². The van der Waals surface area contributed by atoms with Gasteiger partial charge in [-0.2, -0.15) is 4.98 Å². The van der Waals surface area contributed by atoms with Crippen molar-refractivity contribution in [1.29, 1.82) is 0 Å². The van der Waals surface area contributed by atoms with E-state index in [1.165, 1.54) is 5.56 Å². The largest absolute Gasteiger partial charge is 0.454 e. The molecule has 27 heavy (non-hydrogen) atoms. The quantitative estimate of drug-likeness (QED) is 0.729. The summed E-state index contributed by atoms with van der Waals surface area (Å²) >= 11 is 1.63. The molecular formula is C19H21N3O4S. The SMILES string of the molecule is CCc1ccc(-c2noc(COC(=O)[C@@H]3CS[C@]4(C)CCC(=O)N34)n2)cc1. The Morgan fingerprint density at radius 1 is 1.41 bits per heavy atom. The van der Waals surface area contributed by atoms with E-state index < -0.39 is 12.0 Å². The second-order valence-corrected chi connectivity index (χ2v) is 8.44. The second kappa shape index (κ2) is 6.99. The van der Waals surface area contributed by atoms with Crippen LogP contribution >= 0.6 is 11.8 Å². The predicted molar refractivity (Wildman–Crippen MR) is 99.6 cm³/mol. The predicted octanol–water partition coefficient (Wildman–Crippen LogP) is 2.80. The van der Waals surface area contributed by atoms with Gasteiger partial charge in [-0.1, -0.05) is 36.3 Å². The van der Waals surface area contributed by atoms with E-state index in [0.717, 1.165) is 18.4 Å². The highest BCUT2D eigenvalue weighted by Crippen LogP contribution is 2.47. The summed E-state index contributed by atoms with van der Waals surface area (Å²) in [6, 6.07) is 7.38.